The van der Waals surface area contributed by atoms with E-state index in [1.165, 1.54) is 30.5 Å². The Kier molecular flexibility index (Phi) is 5.02. The molecule has 0 atom stereocenters. The molecule has 94 valence electrons. The van der Waals surface area contributed by atoms with Crippen molar-refractivity contribution in [3.8, 4) is 0 Å². The summed E-state index contributed by atoms with van der Waals surface area (Å²) in [6.07, 6.45) is 0. The first-order chi connectivity index (χ1) is 7.92. The fourth-order valence-electron chi connectivity index (χ4n) is 1.08. The van der Waals surface area contributed by atoms with E-state index in [2.05, 4.69) is 5.32 Å². The first-order valence-electron chi connectivity index (χ1n) is 5.06. The van der Waals surface area contributed by atoms with Crippen LogP contribution in [0.25, 0.3) is 0 Å². The molecule has 1 heterocycles. The zero-order chi connectivity index (χ0) is 12.9. The predicted octanol–water partition coefficient (Wildman–Crippen LogP) is 1.96. The number of carbonyl (C=O) groups is 2. The fraction of sp³-hybridized carbons (Fsp3) is 0.455. The number of hydrogen-bond acceptors (Lipinski definition) is 4. The second kappa shape index (κ2) is 6.07. The number of thiophene rings is 1. The maximum absolute atomic E-state index is 11.5. The fourth-order valence-corrected chi connectivity index (χ4v) is 2.75. The lowest BCUT2D eigenvalue weighted by Crippen LogP contribution is -2.50. The third-order valence-electron chi connectivity index (χ3n) is 2.04. The summed E-state index contributed by atoms with van der Waals surface area (Å²) in [4.78, 5) is 23.5. The summed E-state index contributed by atoms with van der Waals surface area (Å²) < 4.78 is 0. The number of rotatable bonds is 6. The lowest BCUT2D eigenvalue weighted by atomic mass is 10.1. The Bertz CT molecular complexity index is 387. The zero-order valence-corrected chi connectivity index (χ0v) is 11.4. The highest BCUT2D eigenvalue weighted by molar-refractivity contribution is 7.99. The van der Waals surface area contributed by atoms with Crippen LogP contribution in [0.2, 0.25) is 0 Å². The van der Waals surface area contributed by atoms with Gasteiger partial charge in [-0.05, 0) is 25.3 Å². The summed E-state index contributed by atoms with van der Waals surface area (Å²) in [5.41, 5.74) is -1.21. The first kappa shape index (κ1) is 14.1. The molecular formula is C11H15NO3S2. The minimum Gasteiger partial charge on any atom is -0.480 e. The van der Waals surface area contributed by atoms with Crippen molar-refractivity contribution < 1.29 is 14.7 Å². The summed E-state index contributed by atoms with van der Waals surface area (Å²) in [5.74, 6) is -0.235. The molecule has 0 saturated heterocycles. The highest BCUT2D eigenvalue weighted by Gasteiger charge is 2.28. The van der Waals surface area contributed by atoms with Crippen molar-refractivity contribution in [2.45, 2.75) is 25.1 Å². The Morgan fingerprint density at radius 1 is 1.53 bits per heavy atom. The lowest BCUT2D eigenvalue weighted by molar-refractivity contribution is -0.145. The maximum atomic E-state index is 11.5. The summed E-state index contributed by atoms with van der Waals surface area (Å²) >= 11 is 3.12. The molecule has 1 aromatic heterocycles. The van der Waals surface area contributed by atoms with Gasteiger partial charge in [-0.3, -0.25) is 4.79 Å². The van der Waals surface area contributed by atoms with Gasteiger partial charge in [0.2, 0.25) is 5.91 Å². The van der Waals surface area contributed by atoms with Gasteiger partial charge in [0.15, 0.2) is 0 Å². The number of carboxylic acids is 1. The number of thioether (sulfide) groups is 1. The largest absolute Gasteiger partial charge is 0.480 e. The van der Waals surface area contributed by atoms with Gasteiger partial charge in [0.05, 0.1) is 5.75 Å². The molecule has 0 aliphatic rings. The Balaban J connectivity index is 2.28. The lowest BCUT2D eigenvalue weighted by Gasteiger charge is -2.20. The van der Waals surface area contributed by atoms with Gasteiger partial charge in [-0.25, -0.2) is 4.79 Å². The summed E-state index contributed by atoms with van der Waals surface area (Å²) in [6, 6.07) is 3.98. The van der Waals surface area contributed by atoms with E-state index in [-0.39, 0.29) is 11.7 Å². The molecule has 1 amide bonds. The number of carbonyl (C=O) groups excluding carboxylic acids is 1. The van der Waals surface area contributed by atoms with Crippen molar-refractivity contribution >= 4 is 35.0 Å². The Labute approximate surface area is 108 Å². The number of amides is 1. The first-order valence-corrected chi connectivity index (χ1v) is 7.10. The molecule has 0 bridgehead atoms. The third-order valence-corrected chi connectivity index (χ3v) is 4.08. The summed E-state index contributed by atoms with van der Waals surface area (Å²) in [6.45, 7) is 2.94. The number of aliphatic carboxylic acids is 1. The monoisotopic (exact) mass is 273 g/mol. The Morgan fingerprint density at radius 3 is 2.76 bits per heavy atom. The van der Waals surface area contributed by atoms with Gasteiger partial charge < -0.3 is 10.4 Å². The molecule has 0 aromatic carbocycles. The molecule has 0 aliphatic carbocycles. The van der Waals surface area contributed by atoms with Gasteiger partial charge >= 0.3 is 5.97 Å². The molecule has 6 heteroatoms. The van der Waals surface area contributed by atoms with Crippen LogP contribution in [0.4, 0.5) is 0 Å². The van der Waals surface area contributed by atoms with E-state index in [4.69, 9.17) is 5.11 Å². The van der Waals surface area contributed by atoms with Gasteiger partial charge in [-0.2, -0.15) is 0 Å². The SMILES string of the molecule is CC(C)(NC(=O)CSCc1cccs1)C(=O)O. The van der Waals surface area contributed by atoms with E-state index in [0.717, 1.165) is 5.75 Å². The minimum absolute atomic E-state index is 0.251. The Morgan fingerprint density at radius 2 is 2.24 bits per heavy atom. The second-order valence-electron chi connectivity index (χ2n) is 4.05. The molecule has 0 radical (unpaired) electrons. The van der Waals surface area contributed by atoms with E-state index in [0.29, 0.717) is 0 Å². The van der Waals surface area contributed by atoms with E-state index in [9.17, 15) is 9.59 Å². The summed E-state index contributed by atoms with van der Waals surface area (Å²) in [7, 11) is 0. The average molecular weight is 273 g/mol. The van der Waals surface area contributed by atoms with E-state index < -0.39 is 11.5 Å². The van der Waals surface area contributed by atoms with Gasteiger partial charge in [-0.1, -0.05) is 6.07 Å². The number of carboxylic acid groups (broad SMARTS) is 1. The van der Waals surface area contributed by atoms with Crippen LogP contribution in [-0.2, 0) is 15.3 Å². The topological polar surface area (TPSA) is 66.4 Å². The third kappa shape index (κ3) is 4.79. The van der Waals surface area contributed by atoms with Gasteiger partial charge in [0, 0.05) is 10.6 Å². The molecule has 1 rings (SSSR count). The van der Waals surface area contributed by atoms with Crippen LogP contribution in [0.5, 0.6) is 0 Å². The molecule has 0 unspecified atom stereocenters. The van der Waals surface area contributed by atoms with Crippen molar-refractivity contribution in [2.75, 3.05) is 5.75 Å². The van der Waals surface area contributed by atoms with Crippen molar-refractivity contribution in [1.29, 1.82) is 0 Å². The van der Waals surface area contributed by atoms with Crippen LogP contribution in [0.3, 0.4) is 0 Å². The summed E-state index contributed by atoms with van der Waals surface area (Å²) in [5, 5.41) is 13.3. The van der Waals surface area contributed by atoms with Crippen LogP contribution < -0.4 is 5.32 Å². The van der Waals surface area contributed by atoms with Crippen LogP contribution in [0, 0.1) is 0 Å². The van der Waals surface area contributed by atoms with Crippen molar-refractivity contribution in [1.82, 2.24) is 5.32 Å². The van der Waals surface area contributed by atoms with Crippen molar-refractivity contribution in [3.63, 3.8) is 0 Å². The van der Waals surface area contributed by atoms with Gasteiger partial charge in [0.25, 0.3) is 0 Å². The van der Waals surface area contributed by atoms with Gasteiger partial charge in [0.1, 0.15) is 5.54 Å². The van der Waals surface area contributed by atoms with Crippen LogP contribution >= 0.6 is 23.1 Å². The smallest absolute Gasteiger partial charge is 0.328 e. The highest BCUT2D eigenvalue weighted by Crippen LogP contribution is 2.17. The molecule has 17 heavy (non-hydrogen) atoms. The van der Waals surface area contributed by atoms with Crippen LogP contribution in [-0.4, -0.2) is 28.3 Å². The van der Waals surface area contributed by atoms with Crippen LogP contribution in [0.15, 0.2) is 17.5 Å². The molecule has 0 spiro atoms. The standard InChI is InChI=1S/C11H15NO3S2/c1-11(2,10(14)15)12-9(13)7-16-6-8-4-3-5-17-8/h3-5H,6-7H2,1-2H3,(H,12,13)(H,14,15). The molecule has 2 N–H and O–H groups in total. The molecular weight excluding hydrogens is 258 g/mol. The normalized spacial score (nSPS) is 11.2. The Hall–Kier alpha value is -1.01. The zero-order valence-electron chi connectivity index (χ0n) is 9.73. The van der Waals surface area contributed by atoms with Crippen molar-refractivity contribution in [3.05, 3.63) is 22.4 Å². The molecule has 1 aromatic rings. The van der Waals surface area contributed by atoms with E-state index in [1.54, 1.807) is 11.3 Å². The molecule has 0 fully saturated rings. The number of nitrogens with one attached hydrogen (secondary N) is 1. The maximum Gasteiger partial charge on any atom is 0.328 e. The average Bonchev–Trinajstić information content (AvgIpc) is 2.69. The number of hydrogen-bond donors (Lipinski definition) is 2. The quantitative estimate of drug-likeness (QED) is 0.831. The second-order valence-corrected chi connectivity index (χ2v) is 6.07. The molecule has 4 nitrogen and oxygen atoms in total. The van der Waals surface area contributed by atoms with Crippen LogP contribution in [0.1, 0.15) is 18.7 Å². The van der Waals surface area contributed by atoms with Crippen molar-refractivity contribution in [2.24, 2.45) is 0 Å². The van der Waals surface area contributed by atoms with E-state index >= 15 is 0 Å². The highest BCUT2D eigenvalue weighted by atomic mass is 32.2. The predicted molar refractivity (Wildman–Crippen MR) is 70.3 cm³/mol. The van der Waals surface area contributed by atoms with E-state index in [1.807, 2.05) is 17.5 Å². The minimum atomic E-state index is -1.21. The van der Waals surface area contributed by atoms with Gasteiger partial charge in [-0.15, -0.1) is 23.1 Å². The molecule has 0 saturated carbocycles. The molecule has 0 aliphatic heterocycles.